The van der Waals surface area contributed by atoms with E-state index in [9.17, 15) is 4.79 Å². The van der Waals surface area contributed by atoms with Gasteiger partial charge in [0.2, 0.25) is 5.78 Å². The summed E-state index contributed by atoms with van der Waals surface area (Å²) in [6.07, 6.45) is 0. The second-order valence-electron chi connectivity index (χ2n) is 7.72. The van der Waals surface area contributed by atoms with E-state index < -0.39 is 0 Å². The molecule has 0 spiro atoms. The van der Waals surface area contributed by atoms with Gasteiger partial charge in [-0.05, 0) is 80.1 Å². The molecule has 0 saturated heterocycles. The molecule has 0 radical (unpaired) electrons. The van der Waals surface area contributed by atoms with Gasteiger partial charge in [-0.3, -0.25) is 4.79 Å². The summed E-state index contributed by atoms with van der Waals surface area (Å²) in [4.78, 5) is 19.3. The van der Waals surface area contributed by atoms with Gasteiger partial charge in [0, 0.05) is 11.1 Å². The van der Waals surface area contributed by atoms with Crippen molar-refractivity contribution in [1.82, 2.24) is 0 Å². The predicted molar refractivity (Wildman–Crippen MR) is 123 cm³/mol. The quantitative estimate of drug-likeness (QED) is 0.288. The zero-order chi connectivity index (χ0) is 22.5. The molecule has 0 N–H and O–H groups in total. The maximum absolute atomic E-state index is 13.7. The third-order valence-corrected chi connectivity index (χ3v) is 5.93. The SMILES string of the molecule is Cc1c(C)c(C)c(C(=O)/C(=N\OCc2cccc(C#N)c2)c2ccccc2)c(C)c1C. The second kappa shape index (κ2) is 9.40. The molecular weight excluding hydrogens is 384 g/mol. The number of carbonyl (C=O) groups is 1. The van der Waals surface area contributed by atoms with Crippen molar-refractivity contribution in [3.05, 3.63) is 105 Å². The Morgan fingerprint density at radius 2 is 1.48 bits per heavy atom. The molecule has 0 heterocycles. The summed E-state index contributed by atoms with van der Waals surface area (Å²) in [6.45, 7) is 10.3. The molecule has 3 aromatic rings. The van der Waals surface area contributed by atoms with Crippen LogP contribution in [0, 0.1) is 45.9 Å². The Morgan fingerprint density at radius 1 is 0.871 bits per heavy atom. The summed E-state index contributed by atoms with van der Waals surface area (Å²) in [5.74, 6) is -0.154. The van der Waals surface area contributed by atoms with Gasteiger partial charge in [-0.2, -0.15) is 5.26 Å². The van der Waals surface area contributed by atoms with Gasteiger partial charge in [0.1, 0.15) is 6.61 Å². The van der Waals surface area contributed by atoms with Crippen LogP contribution in [0.5, 0.6) is 0 Å². The number of hydrogen-bond acceptors (Lipinski definition) is 4. The van der Waals surface area contributed by atoms with Crippen LogP contribution in [0.2, 0.25) is 0 Å². The normalized spacial score (nSPS) is 11.2. The second-order valence-corrected chi connectivity index (χ2v) is 7.72. The highest BCUT2D eigenvalue weighted by Gasteiger charge is 2.24. The molecule has 0 aliphatic rings. The molecule has 0 unspecified atom stereocenters. The number of benzene rings is 3. The topological polar surface area (TPSA) is 62.4 Å². The minimum atomic E-state index is -0.154. The fourth-order valence-corrected chi connectivity index (χ4v) is 3.68. The summed E-state index contributed by atoms with van der Waals surface area (Å²) in [7, 11) is 0. The van der Waals surface area contributed by atoms with Crippen LogP contribution < -0.4 is 0 Å². The number of carbonyl (C=O) groups excluding carboxylic acids is 1. The van der Waals surface area contributed by atoms with Crippen LogP contribution >= 0.6 is 0 Å². The number of Topliss-reactive ketones (excluding diaryl/α,β-unsaturated/α-hetero) is 1. The summed E-state index contributed by atoms with van der Waals surface area (Å²) in [6, 6.07) is 18.6. The standard InChI is InChI=1S/C27H26N2O2/c1-17-18(2)20(4)25(21(5)19(17)3)27(30)26(24-12-7-6-8-13-24)29-31-16-23-11-9-10-22(14-23)15-28/h6-14H,16H2,1-5H3/b29-26-. The Kier molecular flexibility index (Phi) is 6.67. The Labute approximate surface area is 183 Å². The van der Waals surface area contributed by atoms with Crippen LogP contribution in [0.1, 0.15) is 54.9 Å². The van der Waals surface area contributed by atoms with E-state index in [-0.39, 0.29) is 18.1 Å². The lowest BCUT2D eigenvalue weighted by molar-refractivity contribution is 0.103. The van der Waals surface area contributed by atoms with Gasteiger partial charge in [-0.15, -0.1) is 0 Å². The van der Waals surface area contributed by atoms with Crippen molar-refractivity contribution in [2.45, 2.75) is 41.2 Å². The molecule has 0 aliphatic heterocycles. The van der Waals surface area contributed by atoms with Crippen molar-refractivity contribution in [2.75, 3.05) is 0 Å². The van der Waals surface area contributed by atoms with Gasteiger partial charge >= 0.3 is 0 Å². The van der Waals surface area contributed by atoms with Crippen molar-refractivity contribution < 1.29 is 9.63 Å². The van der Waals surface area contributed by atoms with Crippen LogP contribution in [-0.4, -0.2) is 11.5 Å². The van der Waals surface area contributed by atoms with Crippen LogP contribution in [0.25, 0.3) is 0 Å². The van der Waals surface area contributed by atoms with Gasteiger partial charge in [0.05, 0.1) is 11.6 Å². The van der Waals surface area contributed by atoms with E-state index in [1.165, 1.54) is 5.56 Å². The minimum absolute atomic E-state index is 0.154. The van der Waals surface area contributed by atoms with E-state index in [1.54, 1.807) is 18.2 Å². The molecular formula is C27H26N2O2. The smallest absolute Gasteiger partial charge is 0.215 e. The monoisotopic (exact) mass is 410 g/mol. The van der Waals surface area contributed by atoms with Gasteiger partial charge in [0.25, 0.3) is 0 Å². The lowest BCUT2D eigenvalue weighted by atomic mass is 9.86. The highest BCUT2D eigenvalue weighted by Crippen LogP contribution is 2.27. The summed E-state index contributed by atoms with van der Waals surface area (Å²) >= 11 is 0. The average Bonchev–Trinajstić information content (AvgIpc) is 2.80. The highest BCUT2D eigenvalue weighted by atomic mass is 16.6. The van der Waals surface area contributed by atoms with E-state index in [1.807, 2.05) is 64.1 Å². The highest BCUT2D eigenvalue weighted by molar-refractivity contribution is 6.51. The minimum Gasteiger partial charge on any atom is -0.390 e. The molecule has 156 valence electrons. The first kappa shape index (κ1) is 22.0. The predicted octanol–water partition coefficient (Wildman–Crippen LogP) is 5.90. The molecule has 3 rings (SSSR count). The van der Waals surface area contributed by atoms with Gasteiger partial charge in [-0.1, -0.05) is 47.6 Å². The molecule has 0 bridgehead atoms. The zero-order valence-electron chi connectivity index (χ0n) is 18.6. The number of nitriles is 1. The third kappa shape index (κ3) is 4.57. The Hall–Kier alpha value is -3.71. The largest absolute Gasteiger partial charge is 0.390 e. The van der Waals surface area contributed by atoms with E-state index in [0.717, 1.165) is 27.8 Å². The van der Waals surface area contributed by atoms with Gasteiger partial charge < -0.3 is 4.84 Å². The molecule has 0 amide bonds. The van der Waals surface area contributed by atoms with Crippen molar-refractivity contribution >= 4 is 11.5 Å². The number of ketones is 1. The van der Waals surface area contributed by atoms with Crippen LogP contribution in [0.3, 0.4) is 0 Å². The van der Waals surface area contributed by atoms with Crippen molar-refractivity contribution in [3.8, 4) is 6.07 Å². The van der Waals surface area contributed by atoms with Gasteiger partial charge in [-0.25, -0.2) is 0 Å². The number of rotatable bonds is 6. The molecule has 0 atom stereocenters. The van der Waals surface area contributed by atoms with Crippen molar-refractivity contribution in [2.24, 2.45) is 5.16 Å². The molecule has 4 nitrogen and oxygen atoms in total. The molecule has 0 aromatic heterocycles. The number of oxime groups is 1. The van der Waals surface area contributed by atoms with E-state index in [2.05, 4.69) is 18.1 Å². The third-order valence-electron chi connectivity index (χ3n) is 5.93. The first-order chi connectivity index (χ1) is 14.8. The average molecular weight is 411 g/mol. The summed E-state index contributed by atoms with van der Waals surface area (Å²) in [5, 5.41) is 13.3. The Balaban J connectivity index is 2.02. The van der Waals surface area contributed by atoms with Crippen molar-refractivity contribution in [1.29, 1.82) is 5.26 Å². The van der Waals surface area contributed by atoms with E-state index >= 15 is 0 Å². The lowest BCUT2D eigenvalue weighted by Gasteiger charge is -2.18. The molecule has 31 heavy (non-hydrogen) atoms. The fraction of sp³-hybridized carbons (Fsp3) is 0.222. The van der Waals surface area contributed by atoms with Crippen LogP contribution in [-0.2, 0) is 11.4 Å². The van der Waals surface area contributed by atoms with E-state index in [4.69, 9.17) is 10.1 Å². The molecule has 3 aromatic carbocycles. The molecule has 0 saturated carbocycles. The first-order valence-electron chi connectivity index (χ1n) is 10.2. The number of hydrogen-bond donors (Lipinski definition) is 0. The van der Waals surface area contributed by atoms with Crippen LogP contribution in [0.15, 0.2) is 59.8 Å². The molecule has 0 fully saturated rings. The van der Waals surface area contributed by atoms with E-state index in [0.29, 0.717) is 16.7 Å². The zero-order valence-corrected chi connectivity index (χ0v) is 18.6. The Bertz CT molecular complexity index is 1170. The lowest BCUT2D eigenvalue weighted by Crippen LogP contribution is -2.20. The van der Waals surface area contributed by atoms with Gasteiger partial charge in [0.15, 0.2) is 5.71 Å². The maximum atomic E-state index is 13.7. The first-order valence-corrected chi connectivity index (χ1v) is 10.2. The van der Waals surface area contributed by atoms with Crippen molar-refractivity contribution in [3.63, 3.8) is 0 Å². The van der Waals surface area contributed by atoms with Crippen LogP contribution in [0.4, 0.5) is 0 Å². The maximum Gasteiger partial charge on any atom is 0.215 e. The summed E-state index contributed by atoms with van der Waals surface area (Å²) < 4.78 is 0. The molecule has 0 aliphatic carbocycles. The Morgan fingerprint density at radius 3 is 2.10 bits per heavy atom. The fourth-order valence-electron chi connectivity index (χ4n) is 3.68. The molecule has 4 heteroatoms. The number of nitrogens with zero attached hydrogens (tertiary/aromatic N) is 2. The summed E-state index contributed by atoms with van der Waals surface area (Å²) in [5.41, 5.74) is 8.40.